The minimum Gasteiger partial charge on any atom is -0.325 e. The minimum atomic E-state index is -3.59. The van der Waals surface area contributed by atoms with Crippen molar-refractivity contribution in [2.75, 3.05) is 36.8 Å². The molecule has 9 heteroatoms. The molecule has 3 amide bonds. The van der Waals surface area contributed by atoms with Crippen molar-refractivity contribution in [3.63, 3.8) is 0 Å². The molecule has 4 rings (SSSR count). The number of piperidine rings is 1. The van der Waals surface area contributed by atoms with E-state index in [0.717, 1.165) is 31.5 Å². The smallest absolute Gasteiger partial charge is 0.321 e. The lowest BCUT2D eigenvalue weighted by molar-refractivity contribution is -0.120. The van der Waals surface area contributed by atoms with Crippen molar-refractivity contribution in [1.82, 2.24) is 9.21 Å². The number of hydrogen-bond acceptors (Lipinski definition) is 4. The molecule has 2 saturated heterocycles. The van der Waals surface area contributed by atoms with Gasteiger partial charge in [-0.1, -0.05) is 38.1 Å². The Balaban J connectivity index is 1.35. The Morgan fingerprint density at radius 2 is 1.43 bits per heavy atom. The van der Waals surface area contributed by atoms with E-state index in [1.54, 1.807) is 35.2 Å². The first-order valence-corrected chi connectivity index (χ1v) is 13.8. The van der Waals surface area contributed by atoms with E-state index in [4.69, 9.17) is 0 Å². The van der Waals surface area contributed by atoms with E-state index in [2.05, 4.69) is 24.5 Å². The highest BCUT2D eigenvalue weighted by molar-refractivity contribution is 7.89. The van der Waals surface area contributed by atoms with E-state index in [1.807, 2.05) is 18.2 Å². The van der Waals surface area contributed by atoms with Gasteiger partial charge in [-0.2, -0.15) is 4.31 Å². The van der Waals surface area contributed by atoms with Crippen LogP contribution in [0.25, 0.3) is 0 Å². The van der Waals surface area contributed by atoms with Crippen LogP contribution in [0, 0.1) is 5.92 Å². The van der Waals surface area contributed by atoms with Crippen LogP contribution >= 0.6 is 0 Å². The second-order valence-electron chi connectivity index (χ2n) is 9.56. The maximum absolute atomic E-state index is 13.1. The highest BCUT2D eigenvalue weighted by Gasteiger charge is 2.32. The summed E-state index contributed by atoms with van der Waals surface area (Å²) in [7, 11) is -3.59. The summed E-state index contributed by atoms with van der Waals surface area (Å²) in [6.45, 7) is 6.20. The summed E-state index contributed by atoms with van der Waals surface area (Å²) in [5.74, 6) is -0.127. The predicted molar refractivity (Wildman–Crippen MR) is 137 cm³/mol. The molecule has 2 aromatic carbocycles. The van der Waals surface area contributed by atoms with Crippen LogP contribution < -0.4 is 10.6 Å². The van der Waals surface area contributed by atoms with E-state index in [1.165, 1.54) is 4.31 Å². The summed E-state index contributed by atoms with van der Waals surface area (Å²) in [6, 6.07) is 14.0. The SMILES string of the molecule is CC(C)c1ccc(S(=O)(=O)N2CCC(C(=O)Nc3ccccc3NC(=O)N3CCCC3)CC2)cc1. The maximum atomic E-state index is 13.1. The first-order valence-electron chi connectivity index (χ1n) is 12.3. The van der Waals surface area contributed by atoms with Gasteiger partial charge in [0.1, 0.15) is 0 Å². The minimum absolute atomic E-state index is 0.161. The Bertz CT molecular complexity index is 1150. The molecule has 2 N–H and O–H groups in total. The average Bonchev–Trinajstić information content (AvgIpc) is 3.41. The highest BCUT2D eigenvalue weighted by Crippen LogP contribution is 2.28. The van der Waals surface area contributed by atoms with E-state index in [9.17, 15) is 18.0 Å². The number of nitrogens with one attached hydrogen (secondary N) is 2. The highest BCUT2D eigenvalue weighted by atomic mass is 32.2. The lowest BCUT2D eigenvalue weighted by atomic mass is 9.97. The third kappa shape index (κ3) is 5.85. The maximum Gasteiger partial charge on any atom is 0.321 e. The second-order valence-corrected chi connectivity index (χ2v) is 11.5. The molecule has 0 unspecified atom stereocenters. The van der Waals surface area contributed by atoms with Crippen molar-refractivity contribution in [2.24, 2.45) is 5.92 Å². The molecule has 2 aliphatic rings. The number of carbonyl (C=O) groups is 2. The molecule has 0 bridgehead atoms. The molecule has 35 heavy (non-hydrogen) atoms. The van der Waals surface area contributed by atoms with Crippen LogP contribution in [-0.4, -0.2) is 55.7 Å². The number of carbonyl (C=O) groups excluding carboxylic acids is 2. The van der Waals surface area contributed by atoms with Crippen LogP contribution in [0.15, 0.2) is 53.4 Å². The fraction of sp³-hybridized carbons (Fsp3) is 0.462. The van der Waals surface area contributed by atoms with Crippen LogP contribution in [-0.2, 0) is 14.8 Å². The fourth-order valence-electron chi connectivity index (χ4n) is 4.58. The van der Waals surface area contributed by atoms with Crippen molar-refractivity contribution >= 4 is 33.3 Å². The summed E-state index contributed by atoms with van der Waals surface area (Å²) in [6.07, 6.45) is 2.89. The standard InChI is InChI=1S/C26H34N4O4S/c1-19(2)20-9-11-22(12-10-20)35(33,34)30-17-13-21(14-18-30)25(31)27-23-7-3-4-8-24(23)28-26(32)29-15-5-6-16-29/h3-4,7-12,19,21H,5-6,13-18H2,1-2H3,(H,27,31)(H,28,32). The van der Waals surface area contributed by atoms with E-state index in [-0.39, 0.29) is 22.8 Å². The monoisotopic (exact) mass is 498 g/mol. The first kappa shape index (κ1) is 25.2. The number of urea groups is 1. The zero-order chi connectivity index (χ0) is 25.0. The van der Waals surface area contributed by atoms with Crippen LogP contribution in [0.4, 0.5) is 16.2 Å². The van der Waals surface area contributed by atoms with Gasteiger partial charge in [-0.15, -0.1) is 0 Å². The Morgan fingerprint density at radius 1 is 0.857 bits per heavy atom. The number of sulfonamides is 1. The van der Waals surface area contributed by atoms with E-state index >= 15 is 0 Å². The topological polar surface area (TPSA) is 98.8 Å². The summed E-state index contributed by atoms with van der Waals surface area (Å²) in [5, 5.41) is 5.84. The largest absolute Gasteiger partial charge is 0.325 e. The summed E-state index contributed by atoms with van der Waals surface area (Å²) >= 11 is 0. The zero-order valence-electron chi connectivity index (χ0n) is 20.4. The van der Waals surface area contributed by atoms with Gasteiger partial charge in [-0.05, 0) is 61.4 Å². The molecule has 0 atom stereocenters. The van der Waals surface area contributed by atoms with Gasteiger partial charge in [-0.25, -0.2) is 13.2 Å². The van der Waals surface area contributed by atoms with Crippen LogP contribution in [0.2, 0.25) is 0 Å². The van der Waals surface area contributed by atoms with Gasteiger partial charge < -0.3 is 15.5 Å². The van der Waals surface area contributed by atoms with Gasteiger partial charge in [0.2, 0.25) is 15.9 Å². The molecule has 0 aromatic heterocycles. The molecule has 0 spiro atoms. The van der Waals surface area contributed by atoms with Crippen molar-refractivity contribution in [1.29, 1.82) is 0 Å². The predicted octanol–water partition coefficient (Wildman–Crippen LogP) is 4.48. The zero-order valence-corrected chi connectivity index (χ0v) is 21.2. The molecule has 0 radical (unpaired) electrons. The summed E-state index contributed by atoms with van der Waals surface area (Å²) in [5.41, 5.74) is 2.20. The molecule has 0 saturated carbocycles. The molecule has 2 aromatic rings. The summed E-state index contributed by atoms with van der Waals surface area (Å²) < 4.78 is 27.6. The summed E-state index contributed by atoms with van der Waals surface area (Å²) in [4.78, 5) is 27.5. The van der Waals surface area contributed by atoms with Gasteiger partial charge in [0.25, 0.3) is 0 Å². The van der Waals surface area contributed by atoms with Crippen molar-refractivity contribution in [2.45, 2.75) is 50.3 Å². The number of rotatable bonds is 6. The van der Waals surface area contributed by atoms with Crippen molar-refractivity contribution in [3.8, 4) is 0 Å². The number of benzene rings is 2. The van der Waals surface area contributed by atoms with Gasteiger partial charge in [0.05, 0.1) is 16.3 Å². The lowest BCUT2D eigenvalue weighted by Gasteiger charge is -2.30. The Kier molecular flexibility index (Phi) is 7.76. The number of likely N-dealkylation sites (tertiary alicyclic amines) is 1. The second kappa shape index (κ2) is 10.8. The number of amides is 3. The van der Waals surface area contributed by atoms with Crippen molar-refractivity contribution in [3.05, 3.63) is 54.1 Å². The molecule has 2 fully saturated rings. The van der Waals surface area contributed by atoms with Gasteiger partial charge in [0.15, 0.2) is 0 Å². The van der Waals surface area contributed by atoms with Crippen LogP contribution in [0.1, 0.15) is 51.0 Å². The third-order valence-electron chi connectivity index (χ3n) is 6.83. The quantitative estimate of drug-likeness (QED) is 0.614. The molecule has 0 aliphatic carbocycles. The number of nitrogens with zero attached hydrogens (tertiary/aromatic N) is 2. The van der Waals surface area contributed by atoms with Crippen LogP contribution in [0.5, 0.6) is 0 Å². The number of anilines is 2. The fourth-order valence-corrected chi connectivity index (χ4v) is 6.05. The average molecular weight is 499 g/mol. The normalized spacial score (nSPS) is 17.5. The third-order valence-corrected chi connectivity index (χ3v) is 8.74. The van der Waals surface area contributed by atoms with Gasteiger partial charge >= 0.3 is 6.03 Å². The van der Waals surface area contributed by atoms with E-state index in [0.29, 0.717) is 43.2 Å². The van der Waals surface area contributed by atoms with E-state index < -0.39 is 10.0 Å². The van der Waals surface area contributed by atoms with Crippen molar-refractivity contribution < 1.29 is 18.0 Å². The Morgan fingerprint density at radius 3 is 2.00 bits per heavy atom. The molecule has 8 nitrogen and oxygen atoms in total. The molecule has 2 aliphatic heterocycles. The van der Waals surface area contributed by atoms with Gasteiger partial charge in [0, 0.05) is 32.1 Å². The molecular formula is C26H34N4O4S. The number of hydrogen-bond donors (Lipinski definition) is 2. The first-order chi connectivity index (χ1) is 16.8. The lowest BCUT2D eigenvalue weighted by Crippen LogP contribution is -2.41. The van der Waals surface area contributed by atoms with Crippen LogP contribution in [0.3, 0.4) is 0 Å². The molecular weight excluding hydrogens is 464 g/mol. The molecule has 188 valence electrons. The molecule has 2 heterocycles. The van der Waals surface area contributed by atoms with Gasteiger partial charge in [-0.3, -0.25) is 4.79 Å². The Hall–Kier alpha value is -2.91. The number of para-hydroxylation sites is 2. The Labute approximate surface area is 207 Å².